The summed E-state index contributed by atoms with van der Waals surface area (Å²) in [5.74, 6) is 0. The molecule has 0 bridgehead atoms. The summed E-state index contributed by atoms with van der Waals surface area (Å²) < 4.78 is 16.3. The monoisotopic (exact) mass is 276 g/mol. The Balaban J connectivity index is 1.80. The SMILES string of the molecule is CCCCCCC1OC[C@H]2OC(O)[C@H](O)[C@@H](O)[C@@H]2O1. The van der Waals surface area contributed by atoms with E-state index >= 15 is 0 Å². The van der Waals surface area contributed by atoms with Gasteiger partial charge in [-0.15, -0.1) is 0 Å². The molecule has 0 spiro atoms. The number of aliphatic hydroxyl groups is 3. The van der Waals surface area contributed by atoms with Gasteiger partial charge in [0.1, 0.15) is 24.4 Å². The topological polar surface area (TPSA) is 88.4 Å². The first kappa shape index (κ1) is 15.2. The largest absolute Gasteiger partial charge is 0.387 e. The number of aliphatic hydroxyl groups excluding tert-OH is 3. The van der Waals surface area contributed by atoms with E-state index in [2.05, 4.69) is 6.92 Å². The Labute approximate surface area is 113 Å². The van der Waals surface area contributed by atoms with Gasteiger partial charge in [0.25, 0.3) is 0 Å². The molecule has 112 valence electrons. The van der Waals surface area contributed by atoms with E-state index in [1.165, 1.54) is 12.8 Å². The summed E-state index contributed by atoms with van der Waals surface area (Å²) in [7, 11) is 0. The Morgan fingerprint density at radius 2 is 1.79 bits per heavy atom. The normalized spacial score (nSPS) is 42.9. The van der Waals surface area contributed by atoms with Crippen LogP contribution in [0, 0.1) is 0 Å². The fraction of sp³-hybridized carbons (Fsp3) is 1.00. The third-order valence-electron chi connectivity index (χ3n) is 3.71. The van der Waals surface area contributed by atoms with Gasteiger partial charge >= 0.3 is 0 Å². The van der Waals surface area contributed by atoms with Gasteiger partial charge in [-0.3, -0.25) is 0 Å². The van der Waals surface area contributed by atoms with Gasteiger partial charge in [0.15, 0.2) is 12.6 Å². The van der Waals surface area contributed by atoms with Crippen LogP contribution in [0.4, 0.5) is 0 Å². The molecule has 2 rings (SSSR count). The molecule has 0 aromatic carbocycles. The highest BCUT2D eigenvalue weighted by atomic mass is 16.7. The van der Waals surface area contributed by atoms with E-state index < -0.39 is 30.7 Å². The van der Waals surface area contributed by atoms with Crippen LogP contribution in [0.5, 0.6) is 0 Å². The zero-order valence-electron chi connectivity index (χ0n) is 11.3. The summed E-state index contributed by atoms with van der Waals surface area (Å²) in [6, 6.07) is 0. The number of rotatable bonds is 5. The second kappa shape index (κ2) is 6.97. The second-order valence-corrected chi connectivity index (χ2v) is 5.26. The lowest BCUT2D eigenvalue weighted by Crippen LogP contribution is -2.62. The molecule has 2 aliphatic rings. The molecule has 19 heavy (non-hydrogen) atoms. The van der Waals surface area contributed by atoms with Crippen molar-refractivity contribution in [2.24, 2.45) is 0 Å². The van der Waals surface area contributed by atoms with Gasteiger partial charge in [0.05, 0.1) is 6.61 Å². The van der Waals surface area contributed by atoms with E-state index in [9.17, 15) is 15.3 Å². The first-order valence-corrected chi connectivity index (χ1v) is 7.10. The van der Waals surface area contributed by atoms with E-state index in [1.807, 2.05) is 0 Å². The van der Waals surface area contributed by atoms with E-state index in [-0.39, 0.29) is 12.9 Å². The first-order valence-electron chi connectivity index (χ1n) is 7.10. The van der Waals surface area contributed by atoms with Crippen molar-refractivity contribution in [2.45, 2.75) is 76.0 Å². The Hall–Kier alpha value is -0.240. The number of hydrogen-bond acceptors (Lipinski definition) is 6. The standard InChI is InChI=1S/C13H24O6/c1-2-3-4-5-6-9-17-7-8-12(19-9)10(14)11(15)13(16)18-8/h8-16H,2-7H2,1H3/t8-,9?,10-,11-,12-,13?/m1/s1. The van der Waals surface area contributed by atoms with Gasteiger partial charge in [0, 0.05) is 0 Å². The molecule has 0 aromatic rings. The molecule has 0 aromatic heterocycles. The van der Waals surface area contributed by atoms with Gasteiger partial charge in [-0.05, 0) is 12.8 Å². The molecular weight excluding hydrogens is 252 g/mol. The molecule has 6 heteroatoms. The molecule has 2 heterocycles. The van der Waals surface area contributed by atoms with Gasteiger partial charge in [-0.1, -0.05) is 26.2 Å². The Kier molecular flexibility index (Phi) is 5.56. The molecule has 0 aliphatic carbocycles. The zero-order valence-corrected chi connectivity index (χ0v) is 11.3. The third-order valence-corrected chi connectivity index (χ3v) is 3.71. The summed E-state index contributed by atoms with van der Waals surface area (Å²) in [5, 5.41) is 28.9. The summed E-state index contributed by atoms with van der Waals surface area (Å²) in [4.78, 5) is 0. The van der Waals surface area contributed by atoms with Crippen molar-refractivity contribution in [1.29, 1.82) is 0 Å². The maximum Gasteiger partial charge on any atom is 0.184 e. The van der Waals surface area contributed by atoms with Crippen molar-refractivity contribution in [3.8, 4) is 0 Å². The van der Waals surface area contributed by atoms with Crippen LogP contribution in [-0.4, -0.2) is 58.9 Å². The summed E-state index contributed by atoms with van der Waals surface area (Å²) in [6.45, 7) is 2.42. The highest BCUT2D eigenvalue weighted by Gasteiger charge is 2.47. The zero-order chi connectivity index (χ0) is 13.8. The van der Waals surface area contributed by atoms with Crippen molar-refractivity contribution >= 4 is 0 Å². The molecule has 0 radical (unpaired) electrons. The van der Waals surface area contributed by atoms with Crippen LogP contribution in [0.25, 0.3) is 0 Å². The third kappa shape index (κ3) is 3.65. The summed E-state index contributed by atoms with van der Waals surface area (Å²) >= 11 is 0. The van der Waals surface area contributed by atoms with Gasteiger partial charge in [-0.2, -0.15) is 0 Å². The molecule has 2 aliphatic heterocycles. The lowest BCUT2D eigenvalue weighted by atomic mass is 9.98. The molecule has 6 nitrogen and oxygen atoms in total. The average Bonchev–Trinajstić information content (AvgIpc) is 2.42. The van der Waals surface area contributed by atoms with Gasteiger partial charge < -0.3 is 29.5 Å². The van der Waals surface area contributed by atoms with Crippen LogP contribution in [-0.2, 0) is 14.2 Å². The molecule has 2 fully saturated rings. The Bertz CT molecular complexity index is 270. The molecule has 0 saturated carbocycles. The van der Waals surface area contributed by atoms with Gasteiger partial charge in [0.2, 0.25) is 0 Å². The number of fused-ring (bicyclic) bond motifs is 1. The average molecular weight is 276 g/mol. The van der Waals surface area contributed by atoms with E-state index in [0.717, 1.165) is 19.3 Å². The summed E-state index contributed by atoms with van der Waals surface area (Å²) in [6.07, 6.45) is -0.105. The molecule has 6 atom stereocenters. The Morgan fingerprint density at radius 1 is 1.00 bits per heavy atom. The van der Waals surface area contributed by atoms with Crippen molar-refractivity contribution in [2.75, 3.05) is 6.61 Å². The predicted octanol–water partition coefficient (Wildman–Crippen LogP) is 0.137. The van der Waals surface area contributed by atoms with Crippen LogP contribution in [0.3, 0.4) is 0 Å². The van der Waals surface area contributed by atoms with Crippen molar-refractivity contribution in [3.63, 3.8) is 0 Å². The van der Waals surface area contributed by atoms with E-state index in [1.54, 1.807) is 0 Å². The van der Waals surface area contributed by atoms with Gasteiger partial charge in [-0.25, -0.2) is 0 Å². The van der Waals surface area contributed by atoms with Crippen molar-refractivity contribution < 1.29 is 29.5 Å². The summed E-state index contributed by atoms with van der Waals surface area (Å²) in [5.41, 5.74) is 0. The maximum absolute atomic E-state index is 9.90. The number of unbranched alkanes of at least 4 members (excludes halogenated alkanes) is 3. The van der Waals surface area contributed by atoms with E-state index in [0.29, 0.717) is 0 Å². The first-order chi connectivity index (χ1) is 9.13. The second-order valence-electron chi connectivity index (χ2n) is 5.26. The van der Waals surface area contributed by atoms with Crippen LogP contribution < -0.4 is 0 Å². The minimum atomic E-state index is -1.38. The molecule has 0 amide bonds. The highest BCUT2D eigenvalue weighted by Crippen LogP contribution is 2.28. The molecule has 2 unspecified atom stereocenters. The number of ether oxygens (including phenoxy) is 3. The van der Waals surface area contributed by atoms with Crippen LogP contribution >= 0.6 is 0 Å². The van der Waals surface area contributed by atoms with Crippen molar-refractivity contribution in [1.82, 2.24) is 0 Å². The van der Waals surface area contributed by atoms with Crippen LogP contribution in [0.2, 0.25) is 0 Å². The predicted molar refractivity (Wildman–Crippen MR) is 66.3 cm³/mol. The van der Waals surface area contributed by atoms with Crippen LogP contribution in [0.15, 0.2) is 0 Å². The lowest BCUT2D eigenvalue weighted by Gasteiger charge is -2.45. The lowest BCUT2D eigenvalue weighted by molar-refractivity contribution is -0.352. The Morgan fingerprint density at radius 3 is 2.53 bits per heavy atom. The molecule has 2 saturated heterocycles. The minimum Gasteiger partial charge on any atom is -0.387 e. The van der Waals surface area contributed by atoms with Crippen LogP contribution in [0.1, 0.15) is 39.0 Å². The molecule has 3 N–H and O–H groups in total. The van der Waals surface area contributed by atoms with Crippen molar-refractivity contribution in [3.05, 3.63) is 0 Å². The maximum atomic E-state index is 9.90. The highest BCUT2D eigenvalue weighted by molar-refractivity contribution is 4.91. The smallest absolute Gasteiger partial charge is 0.184 e. The fourth-order valence-electron chi connectivity index (χ4n) is 2.53. The molecular formula is C13H24O6. The number of hydrogen-bond donors (Lipinski definition) is 3. The minimum absolute atomic E-state index is 0.268. The fourth-order valence-corrected chi connectivity index (χ4v) is 2.53. The quantitative estimate of drug-likeness (QED) is 0.619. The van der Waals surface area contributed by atoms with E-state index in [4.69, 9.17) is 14.2 Å².